The van der Waals surface area contributed by atoms with Gasteiger partial charge in [0.2, 0.25) is 5.91 Å². The van der Waals surface area contributed by atoms with Crippen molar-refractivity contribution >= 4 is 5.91 Å². The van der Waals surface area contributed by atoms with Crippen LogP contribution >= 0.6 is 0 Å². The van der Waals surface area contributed by atoms with E-state index in [1.54, 1.807) is 36.5 Å². The SMILES string of the molecule is CO[C@@]1(COc2cccc(F)c2)CCN(C(=O)Cc2ccncc2)C1. The maximum atomic E-state index is 13.3. The number of likely N-dealkylation sites (tertiary alicyclic amines) is 1. The highest BCUT2D eigenvalue weighted by molar-refractivity contribution is 5.79. The zero-order valence-electron chi connectivity index (χ0n) is 14.2. The zero-order chi connectivity index (χ0) is 17.7. The Labute approximate surface area is 146 Å². The van der Waals surface area contributed by atoms with Crippen molar-refractivity contribution < 1.29 is 18.7 Å². The van der Waals surface area contributed by atoms with Gasteiger partial charge < -0.3 is 14.4 Å². The van der Waals surface area contributed by atoms with Gasteiger partial charge in [0.15, 0.2) is 0 Å². The van der Waals surface area contributed by atoms with Crippen molar-refractivity contribution in [2.24, 2.45) is 0 Å². The molecule has 0 N–H and O–H groups in total. The largest absolute Gasteiger partial charge is 0.490 e. The summed E-state index contributed by atoms with van der Waals surface area (Å²) in [6.45, 7) is 1.35. The van der Waals surface area contributed by atoms with Gasteiger partial charge in [0, 0.05) is 32.1 Å². The maximum absolute atomic E-state index is 13.3. The predicted octanol–water partition coefficient (Wildman–Crippen LogP) is 2.46. The Morgan fingerprint density at radius 1 is 1.32 bits per heavy atom. The lowest BCUT2D eigenvalue weighted by Crippen LogP contribution is -2.42. The van der Waals surface area contributed by atoms with Crippen LogP contribution in [0.5, 0.6) is 5.75 Å². The van der Waals surface area contributed by atoms with E-state index < -0.39 is 5.60 Å². The lowest BCUT2D eigenvalue weighted by atomic mass is 10.0. The normalized spacial score (nSPS) is 19.8. The van der Waals surface area contributed by atoms with Crippen LogP contribution < -0.4 is 4.74 Å². The molecule has 1 aromatic heterocycles. The minimum atomic E-state index is -0.569. The molecule has 1 fully saturated rings. The first-order valence-corrected chi connectivity index (χ1v) is 8.20. The molecule has 25 heavy (non-hydrogen) atoms. The number of nitrogens with zero attached hydrogens (tertiary/aromatic N) is 2. The van der Waals surface area contributed by atoms with Crippen molar-refractivity contribution in [3.63, 3.8) is 0 Å². The first-order chi connectivity index (χ1) is 12.1. The van der Waals surface area contributed by atoms with Gasteiger partial charge in [-0.1, -0.05) is 6.07 Å². The third-order valence-electron chi connectivity index (χ3n) is 4.50. The summed E-state index contributed by atoms with van der Waals surface area (Å²) in [6, 6.07) is 9.69. The Morgan fingerprint density at radius 2 is 2.12 bits per heavy atom. The summed E-state index contributed by atoms with van der Waals surface area (Å²) < 4.78 is 24.6. The summed E-state index contributed by atoms with van der Waals surface area (Å²) in [6.07, 6.45) is 4.38. The minimum absolute atomic E-state index is 0.0517. The molecule has 1 aliphatic heterocycles. The van der Waals surface area contributed by atoms with Gasteiger partial charge in [-0.3, -0.25) is 9.78 Å². The highest BCUT2D eigenvalue weighted by Gasteiger charge is 2.41. The maximum Gasteiger partial charge on any atom is 0.227 e. The number of aromatic nitrogens is 1. The molecular formula is C19H21FN2O3. The van der Waals surface area contributed by atoms with Gasteiger partial charge in [-0.2, -0.15) is 0 Å². The van der Waals surface area contributed by atoms with Crippen molar-refractivity contribution in [3.05, 3.63) is 60.2 Å². The van der Waals surface area contributed by atoms with E-state index in [1.165, 1.54) is 12.1 Å². The monoisotopic (exact) mass is 344 g/mol. The number of carbonyl (C=O) groups is 1. The zero-order valence-corrected chi connectivity index (χ0v) is 14.2. The molecule has 132 valence electrons. The van der Waals surface area contributed by atoms with Gasteiger partial charge in [0.05, 0.1) is 13.0 Å². The Bertz CT molecular complexity index is 726. The number of ether oxygens (including phenoxy) is 2. The highest BCUT2D eigenvalue weighted by atomic mass is 19.1. The van der Waals surface area contributed by atoms with Crippen LogP contribution in [0, 0.1) is 5.82 Å². The van der Waals surface area contributed by atoms with Gasteiger partial charge in [-0.05, 0) is 36.2 Å². The smallest absolute Gasteiger partial charge is 0.227 e. The molecule has 1 atom stereocenters. The molecule has 5 nitrogen and oxygen atoms in total. The van der Waals surface area contributed by atoms with Crippen LogP contribution in [-0.2, 0) is 16.0 Å². The minimum Gasteiger partial charge on any atom is -0.490 e. The molecule has 1 aromatic carbocycles. The van der Waals surface area contributed by atoms with E-state index in [4.69, 9.17) is 9.47 Å². The topological polar surface area (TPSA) is 51.7 Å². The molecule has 3 rings (SSSR count). The van der Waals surface area contributed by atoms with Crippen LogP contribution in [0.4, 0.5) is 4.39 Å². The molecule has 0 bridgehead atoms. The van der Waals surface area contributed by atoms with Crippen LogP contribution in [0.15, 0.2) is 48.8 Å². The van der Waals surface area contributed by atoms with Crippen molar-refractivity contribution in [1.29, 1.82) is 0 Å². The number of halogens is 1. The Kier molecular flexibility index (Phi) is 5.28. The average Bonchev–Trinajstić information content (AvgIpc) is 3.06. The van der Waals surface area contributed by atoms with Crippen molar-refractivity contribution in [2.75, 3.05) is 26.8 Å². The fourth-order valence-corrected chi connectivity index (χ4v) is 2.96. The molecule has 0 aliphatic carbocycles. The Hall–Kier alpha value is -2.47. The summed E-state index contributed by atoms with van der Waals surface area (Å²) in [5.41, 5.74) is 0.367. The lowest BCUT2D eigenvalue weighted by Gasteiger charge is -2.28. The molecule has 1 aliphatic rings. The molecule has 2 heterocycles. The summed E-state index contributed by atoms with van der Waals surface area (Å²) in [7, 11) is 1.62. The fraction of sp³-hybridized carbons (Fsp3) is 0.368. The standard InChI is InChI=1S/C19H21FN2O3/c1-24-19(14-25-17-4-2-3-16(20)12-17)7-10-22(13-19)18(23)11-15-5-8-21-9-6-15/h2-6,8-9,12H,7,10-11,13-14H2,1H3/t19-/m0/s1. The molecule has 0 radical (unpaired) electrons. The number of pyridine rings is 1. The van der Waals surface area contributed by atoms with Gasteiger partial charge >= 0.3 is 0 Å². The third kappa shape index (κ3) is 4.33. The summed E-state index contributed by atoms with van der Waals surface area (Å²) >= 11 is 0. The summed E-state index contributed by atoms with van der Waals surface area (Å²) in [5.74, 6) is 0.165. The van der Waals surface area contributed by atoms with E-state index in [1.807, 2.05) is 12.1 Å². The third-order valence-corrected chi connectivity index (χ3v) is 4.50. The molecule has 1 saturated heterocycles. The van der Waals surface area contributed by atoms with Crippen LogP contribution in [0.25, 0.3) is 0 Å². The average molecular weight is 344 g/mol. The molecule has 6 heteroatoms. The van der Waals surface area contributed by atoms with E-state index >= 15 is 0 Å². The molecule has 0 spiro atoms. The van der Waals surface area contributed by atoms with E-state index in [2.05, 4.69) is 4.98 Å². The lowest BCUT2D eigenvalue weighted by molar-refractivity contribution is -0.131. The number of hydrogen-bond donors (Lipinski definition) is 0. The second-order valence-electron chi connectivity index (χ2n) is 6.23. The van der Waals surface area contributed by atoms with Crippen LogP contribution in [0.1, 0.15) is 12.0 Å². The van der Waals surface area contributed by atoms with Crippen molar-refractivity contribution in [1.82, 2.24) is 9.88 Å². The van der Waals surface area contributed by atoms with E-state index in [0.717, 1.165) is 5.56 Å². The summed E-state index contributed by atoms with van der Waals surface area (Å²) in [4.78, 5) is 18.2. The highest BCUT2D eigenvalue weighted by Crippen LogP contribution is 2.27. The van der Waals surface area contributed by atoms with Crippen molar-refractivity contribution in [3.8, 4) is 5.75 Å². The number of rotatable bonds is 6. The second-order valence-corrected chi connectivity index (χ2v) is 6.23. The molecular weight excluding hydrogens is 323 g/mol. The van der Waals surface area contributed by atoms with Gasteiger partial charge in [0.25, 0.3) is 0 Å². The Balaban J connectivity index is 1.59. The van der Waals surface area contributed by atoms with Gasteiger partial charge in [0.1, 0.15) is 23.8 Å². The van der Waals surface area contributed by atoms with Crippen LogP contribution in [0.2, 0.25) is 0 Å². The van der Waals surface area contributed by atoms with Crippen LogP contribution in [-0.4, -0.2) is 48.2 Å². The molecule has 1 amide bonds. The molecule has 2 aromatic rings. The first kappa shape index (κ1) is 17.4. The number of benzene rings is 1. The molecule has 0 unspecified atom stereocenters. The van der Waals surface area contributed by atoms with Crippen LogP contribution in [0.3, 0.4) is 0 Å². The van der Waals surface area contributed by atoms with E-state index in [-0.39, 0.29) is 18.3 Å². The fourth-order valence-electron chi connectivity index (χ4n) is 2.96. The number of amides is 1. The van der Waals surface area contributed by atoms with Crippen molar-refractivity contribution in [2.45, 2.75) is 18.4 Å². The number of methoxy groups -OCH3 is 1. The second kappa shape index (κ2) is 7.61. The Morgan fingerprint density at radius 3 is 2.84 bits per heavy atom. The number of hydrogen-bond acceptors (Lipinski definition) is 4. The quantitative estimate of drug-likeness (QED) is 0.808. The number of carbonyl (C=O) groups excluding carboxylic acids is 1. The van der Waals surface area contributed by atoms with E-state index in [9.17, 15) is 9.18 Å². The van der Waals surface area contributed by atoms with Gasteiger partial charge in [-0.25, -0.2) is 4.39 Å². The first-order valence-electron chi connectivity index (χ1n) is 8.20. The van der Waals surface area contributed by atoms with E-state index in [0.29, 0.717) is 31.7 Å². The molecule has 0 saturated carbocycles. The predicted molar refractivity (Wildman–Crippen MR) is 90.8 cm³/mol. The summed E-state index contributed by atoms with van der Waals surface area (Å²) in [5, 5.41) is 0. The van der Waals surface area contributed by atoms with Gasteiger partial charge in [-0.15, -0.1) is 0 Å².